The number of aliphatic imine (C=N–C) groups is 1. The summed E-state index contributed by atoms with van der Waals surface area (Å²) in [7, 11) is 1.49. The fourth-order valence-corrected chi connectivity index (χ4v) is 5.05. The smallest absolute Gasteiger partial charge is 0.335 e. The van der Waals surface area contributed by atoms with Gasteiger partial charge in [-0.3, -0.25) is 9.69 Å². The number of ether oxygens (including phenoxy) is 2. The van der Waals surface area contributed by atoms with Crippen LogP contribution in [0, 0.1) is 11.3 Å². The van der Waals surface area contributed by atoms with Gasteiger partial charge in [0.2, 0.25) is 0 Å². The van der Waals surface area contributed by atoms with Crippen molar-refractivity contribution in [3.63, 3.8) is 0 Å². The van der Waals surface area contributed by atoms with Gasteiger partial charge in [0.15, 0.2) is 16.7 Å². The van der Waals surface area contributed by atoms with E-state index in [4.69, 9.17) is 21.1 Å². The zero-order valence-corrected chi connectivity index (χ0v) is 22.0. The lowest BCUT2D eigenvalue weighted by Crippen LogP contribution is -2.28. The third-order valence-corrected chi connectivity index (χ3v) is 6.87. The zero-order valence-electron chi connectivity index (χ0n) is 20.5. The van der Waals surface area contributed by atoms with E-state index in [9.17, 15) is 20.0 Å². The van der Waals surface area contributed by atoms with Crippen LogP contribution in [0.4, 0.5) is 5.69 Å². The Hall–Kier alpha value is -4.26. The number of halogens is 1. The third-order valence-electron chi connectivity index (χ3n) is 5.58. The molecule has 1 heterocycles. The number of hydrogen-bond donors (Lipinski definition) is 1. The van der Waals surface area contributed by atoms with E-state index >= 15 is 0 Å². The summed E-state index contributed by atoms with van der Waals surface area (Å²) in [5.41, 5.74) is 2.39. The molecule has 0 aromatic heterocycles. The van der Waals surface area contributed by atoms with Gasteiger partial charge in [-0.2, -0.15) is 5.26 Å². The number of hydrogen-bond acceptors (Lipinski definition) is 7. The number of benzene rings is 3. The second-order valence-electron chi connectivity index (χ2n) is 8.00. The van der Waals surface area contributed by atoms with E-state index in [1.54, 1.807) is 48.5 Å². The molecule has 38 heavy (non-hydrogen) atoms. The van der Waals surface area contributed by atoms with Crippen molar-refractivity contribution in [2.75, 3.05) is 13.7 Å². The first-order valence-corrected chi connectivity index (χ1v) is 12.7. The number of rotatable bonds is 8. The highest BCUT2D eigenvalue weighted by atomic mass is 35.5. The Morgan fingerprint density at radius 1 is 1.21 bits per heavy atom. The Bertz CT molecular complexity index is 1510. The van der Waals surface area contributed by atoms with Gasteiger partial charge < -0.3 is 14.6 Å². The van der Waals surface area contributed by atoms with Crippen LogP contribution in [-0.2, 0) is 11.4 Å². The van der Waals surface area contributed by atoms with E-state index in [0.29, 0.717) is 50.5 Å². The number of carboxylic acids is 1. The maximum absolute atomic E-state index is 13.1. The Morgan fingerprint density at radius 2 is 2.00 bits per heavy atom. The predicted octanol–water partition coefficient (Wildman–Crippen LogP) is 6.12. The molecule has 1 aliphatic heterocycles. The number of carbonyl (C=O) groups excluding carboxylic acids is 1. The summed E-state index contributed by atoms with van der Waals surface area (Å²) < 4.78 is 11.4. The summed E-state index contributed by atoms with van der Waals surface area (Å²) in [5, 5.41) is 19.3. The van der Waals surface area contributed by atoms with Crippen LogP contribution in [0.15, 0.2) is 70.6 Å². The minimum atomic E-state index is -1.05. The minimum absolute atomic E-state index is 0.111. The molecule has 192 valence electrons. The van der Waals surface area contributed by atoms with Crippen LogP contribution in [-0.4, -0.2) is 40.7 Å². The highest BCUT2D eigenvalue weighted by Gasteiger charge is 2.32. The van der Waals surface area contributed by atoms with Crippen molar-refractivity contribution in [2.45, 2.75) is 13.5 Å². The first-order chi connectivity index (χ1) is 18.3. The van der Waals surface area contributed by atoms with Crippen LogP contribution in [0.1, 0.15) is 34.0 Å². The van der Waals surface area contributed by atoms with Gasteiger partial charge in [0.05, 0.1) is 39.9 Å². The van der Waals surface area contributed by atoms with Crippen LogP contribution in [0.25, 0.3) is 6.08 Å². The average molecular weight is 548 g/mol. The second-order valence-corrected chi connectivity index (χ2v) is 9.42. The topological polar surface area (TPSA) is 112 Å². The van der Waals surface area contributed by atoms with E-state index < -0.39 is 5.97 Å². The maximum atomic E-state index is 13.1. The number of nitriles is 1. The highest BCUT2D eigenvalue weighted by Crippen LogP contribution is 2.40. The van der Waals surface area contributed by atoms with Crippen molar-refractivity contribution in [1.82, 2.24) is 4.90 Å². The Kier molecular flexibility index (Phi) is 8.36. The quantitative estimate of drug-likeness (QED) is 0.338. The molecule has 10 heteroatoms. The molecule has 0 radical (unpaired) electrons. The summed E-state index contributed by atoms with van der Waals surface area (Å²) >= 11 is 7.72. The van der Waals surface area contributed by atoms with Crippen LogP contribution in [0.3, 0.4) is 0 Å². The van der Waals surface area contributed by atoms with Crippen LogP contribution in [0.2, 0.25) is 5.02 Å². The summed E-state index contributed by atoms with van der Waals surface area (Å²) in [6.45, 7) is 2.35. The second kappa shape index (κ2) is 11.9. The molecular weight excluding hydrogens is 526 g/mol. The molecule has 0 aliphatic carbocycles. The van der Waals surface area contributed by atoms with E-state index in [2.05, 4.69) is 11.1 Å². The Morgan fingerprint density at radius 3 is 2.71 bits per heavy atom. The van der Waals surface area contributed by atoms with Gasteiger partial charge in [-0.1, -0.05) is 35.9 Å². The lowest BCUT2D eigenvalue weighted by Gasteiger charge is -2.14. The monoisotopic (exact) mass is 547 g/mol. The lowest BCUT2D eigenvalue weighted by molar-refractivity contribution is -0.122. The predicted molar refractivity (Wildman–Crippen MR) is 147 cm³/mol. The van der Waals surface area contributed by atoms with Gasteiger partial charge >= 0.3 is 5.97 Å². The number of thioether (sulfide) groups is 1. The van der Waals surface area contributed by atoms with Gasteiger partial charge in [-0.05, 0) is 66.7 Å². The molecule has 3 aromatic rings. The molecule has 3 aromatic carbocycles. The average Bonchev–Trinajstić information content (AvgIpc) is 3.21. The summed E-state index contributed by atoms with van der Waals surface area (Å²) in [6, 6.07) is 18.8. The number of likely N-dealkylation sites (N-methyl/N-ethyl adjacent to an activating group) is 1. The van der Waals surface area contributed by atoms with Crippen molar-refractivity contribution >= 4 is 52.2 Å². The molecule has 8 nitrogen and oxygen atoms in total. The van der Waals surface area contributed by atoms with Gasteiger partial charge in [0, 0.05) is 12.1 Å². The van der Waals surface area contributed by atoms with Crippen molar-refractivity contribution < 1.29 is 24.2 Å². The molecule has 0 atom stereocenters. The maximum Gasteiger partial charge on any atom is 0.335 e. The Labute approximate surface area is 228 Å². The number of amides is 1. The number of carboxylic acid groups (broad SMARTS) is 1. The van der Waals surface area contributed by atoms with Crippen LogP contribution >= 0.6 is 23.4 Å². The summed E-state index contributed by atoms with van der Waals surface area (Å²) in [4.78, 5) is 30.8. The van der Waals surface area contributed by atoms with E-state index in [-0.39, 0.29) is 23.1 Å². The molecule has 4 rings (SSSR count). The van der Waals surface area contributed by atoms with E-state index in [0.717, 1.165) is 0 Å². The van der Waals surface area contributed by atoms with Gasteiger partial charge in [0.1, 0.15) is 6.61 Å². The molecule has 0 spiro atoms. The molecule has 1 aliphatic rings. The molecule has 0 bridgehead atoms. The SMILES string of the molecule is CCN1C(=O)/C(=C/c2cc(Cl)c(OCc3ccccc3C#N)c(OC)c2)SC1=Nc1cccc(C(=O)O)c1. The number of nitrogens with zero attached hydrogens (tertiary/aromatic N) is 3. The molecule has 1 amide bonds. The zero-order chi connectivity index (χ0) is 27.2. The summed E-state index contributed by atoms with van der Waals surface area (Å²) in [6.07, 6.45) is 1.69. The van der Waals surface area contributed by atoms with Crippen molar-refractivity contribution in [3.8, 4) is 17.6 Å². The standard InChI is InChI=1S/C28H22ClN3O5S/c1-3-32-26(33)24(38-28(32)31-21-10-6-9-18(14-21)27(34)35)13-17-11-22(29)25(23(12-17)36-2)37-16-20-8-5-4-7-19(20)15-30/h4-14H,3,16H2,1-2H3,(H,34,35)/b24-13-,31-28?. The van der Waals surface area contributed by atoms with Gasteiger partial charge in [0.25, 0.3) is 5.91 Å². The Balaban J connectivity index is 1.61. The number of methoxy groups -OCH3 is 1. The molecule has 1 N–H and O–H groups in total. The fourth-order valence-electron chi connectivity index (χ4n) is 3.71. The van der Waals surface area contributed by atoms with Crippen molar-refractivity contribution in [1.29, 1.82) is 5.26 Å². The molecule has 0 saturated carbocycles. The highest BCUT2D eigenvalue weighted by molar-refractivity contribution is 8.18. The minimum Gasteiger partial charge on any atom is -0.493 e. The van der Waals surface area contributed by atoms with E-state index in [1.807, 2.05) is 13.0 Å². The molecule has 1 fully saturated rings. The lowest BCUT2D eigenvalue weighted by atomic mass is 10.1. The van der Waals surface area contributed by atoms with Gasteiger partial charge in [-0.25, -0.2) is 9.79 Å². The first kappa shape index (κ1) is 26.8. The molecule has 0 unspecified atom stereocenters. The number of aromatic carboxylic acids is 1. The van der Waals surface area contributed by atoms with Crippen LogP contribution < -0.4 is 9.47 Å². The van der Waals surface area contributed by atoms with Gasteiger partial charge in [-0.15, -0.1) is 0 Å². The van der Waals surface area contributed by atoms with Crippen LogP contribution in [0.5, 0.6) is 11.5 Å². The first-order valence-electron chi connectivity index (χ1n) is 11.5. The molecular formula is C28H22ClN3O5S. The molecule has 1 saturated heterocycles. The fraction of sp³-hybridized carbons (Fsp3) is 0.143. The van der Waals surface area contributed by atoms with E-state index in [1.165, 1.54) is 35.9 Å². The largest absolute Gasteiger partial charge is 0.493 e. The summed E-state index contributed by atoms with van der Waals surface area (Å²) in [5.74, 6) is -0.581. The van der Waals surface area contributed by atoms with Crippen molar-refractivity contribution in [3.05, 3.63) is 92.8 Å². The normalized spacial score (nSPS) is 15.1. The number of carbonyl (C=O) groups is 2. The number of amidine groups is 1. The van der Waals surface area contributed by atoms with Crippen molar-refractivity contribution in [2.24, 2.45) is 4.99 Å². The third kappa shape index (κ3) is 5.83.